The zero-order valence-corrected chi connectivity index (χ0v) is 14.6. The van der Waals surface area contributed by atoms with E-state index in [-0.39, 0.29) is 25.5 Å². The number of nitrogens with two attached hydrogens (primary N) is 1. The average molecular weight is 346 g/mol. The second-order valence-corrected chi connectivity index (χ2v) is 7.05. The van der Waals surface area contributed by atoms with Crippen molar-refractivity contribution in [3.05, 3.63) is 30.2 Å². The summed E-state index contributed by atoms with van der Waals surface area (Å²) in [5, 5.41) is 0. The van der Waals surface area contributed by atoms with Crippen molar-refractivity contribution in [3.8, 4) is 0 Å². The third kappa shape index (κ3) is 3.74. The molecule has 0 saturated carbocycles. The molecule has 3 heterocycles. The Morgan fingerprint density at radius 3 is 2.80 bits per heavy atom. The molecule has 1 saturated heterocycles. The number of anilines is 2. The minimum Gasteiger partial charge on any atom is -0.443 e. The number of hydrogen-bond acceptors (Lipinski definition) is 6. The number of rotatable bonds is 1. The van der Waals surface area contributed by atoms with Gasteiger partial charge in [0.1, 0.15) is 11.4 Å². The van der Waals surface area contributed by atoms with Gasteiger partial charge in [0.25, 0.3) is 0 Å². The molecule has 0 radical (unpaired) electrons. The highest BCUT2D eigenvalue weighted by Gasteiger charge is 2.39. The first-order valence-corrected chi connectivity index (χ1v) is 8.09. The molecule has 25 heavy (non-hydrogen) atoms. The van der Waals surface area contributed by atoms with E-state index in [1.54, 1.807) is 39.1 Å². The molecule has 2 amide bonds. The van der Waals surface area contributed by atoms with Crippen LogP contribution in [0.4, 0.5) is 16.3 Å². The number of nitrogen functional groups attached to an aromatic ring is 1. The van der Waals surface area contributed by atoms with Gasteiger partial charge in [-0.1, -0.05) is 0 Å². The van der Waals surface area contributed by atoms with Crippen molar-refractivity contribution in [1.29, 1.82) is 0 Å². The molecular weight excluding hydrogens is 324 g/mol. The lowest BCUT2D eigenvalue weighted by Crippen LogP contribution is -2.48. The van der Waals surface area contributed by atoms with Gasteiger partial charge in [0.2, 0.25) is 5.91 Å². The van der Waals surface area contributed by atoms with Gasteiger partial charge >= 0.3 is 6.09 Å². The van der Waals surface area contributed by atoms with Gasteiger partial charge in [0.05, 0.1) is 43.3 Å². The Bertz CT molecular complexity index is 708. The van der Waals surface area contributed by atoms with Crippen LogP contribution in [-0.4, -0.2) is 46.7 Å². The number of nitrogens with zero attached hydrogens (tertiary/aromatic N) is 3. The smallest absolute Gasteiger partial charge is 0.415 e. The Balaban J connectivity index is 1.95. The maximum absolute atomic E-state index is 12.7. The molecular formula is C17H22N4O4. The fourth-order valence-corrected chi connectivity index (χ4v) is 2.78. The van der Waals surface area contributed by atoms with Crippen LogP contribution in [0, 0.1) is 0 Å². The summed E-state index contributed by atoms with van der Waals surface area (Å²) in [6, 6.07) is 2.94. The molecule has 2 N–H and O–H groups in total. The van der Waals surface area contributed by atoms with Crippen LogP contribution >= 0.6 is 0 Å². The van der Waals surface area contributed by atoms with Gasteiger partial charge < -0.3 is 15.2 Å². The maximum Gasteiger partial charge on any atom is 0.415 e. The van der Waals surface area contributed by atoms with Gasteiger partial charge in [-0.05, 0) is 32.9 Å². The summed E-state index contributed by atoms with van der Waals surface area (Å²) < 4.78 is 11.0. The van der Waals surface area contributed by atoms with Crippen LogP contribution in [-0.2, 0) is 14.3 Å². The summed E-state index contributed by atoms with van der Waals surface area (Å²) in [6.07, 6.45) is 2.79. The summed E-state index contributed by atoms with van der Waals surface area (Å²) >= 11 is 0. The molecule has 1 unspecified atom stereocenters. The third-order valence-electron chi connectivity index (χ3n) is 3.83. The molecule has 3 rings (SSSR count). The van der Waals surface area contributed by atoms with E-state index in [0.717, 1.165) is 0 Å². The first-order chi connectivity index (χ1) is 11.7. The second kappa shape index (κ2) is 6.36. The highest BCUT2D eigenvalue weighted by atomic mass is 16.6. The highest BCUT2D eigenvalue weighted by Crippen LogP contribution is 2.29. The van der Waals surface area contributed by atoms with E-state index in [2.05, 4.69) is 4.98 Å². The standard InChI is InChI=1S/C17H22N4O4/c1-17(2,3)25-16(23)21-12-6-15(22)20(8-13(21)10-24-9-12)11-4-5-14(18)19-7-11/h4-5,7-8,12H,6,9-10H2,1-3H3,(H2,18,19). The van der Waals surface area contributed by atoms with Crippen molar-refractivity contribution in [2.24, 2.45) is 0 Å². The Labute approximate surface area is 146 Å². The quantitative estimate of drug-likeness (QED) is 0.834. The van der Waals surface area contributed by atoms with Gasteiger partial charge in [-0.15, -0.1) is 0 Å². The topological polar surface area (TPSA) is 98.0 Å². The molecule has 0 spiro atoms. The van der Waals surface area contributed by atoms with E-state index < -0.39 is 17.7 Å². The zero-order valence-electron chi connectivity index (χ0n) is 14.6. The van der Waals surface area contributed by atoms with E-state index in [0.29, 0.717) is 17.2 Å². The number of carbonyl (C=O) groups is 2. The maximum atomic E-state index is 12.7. The van der Waals surface area contributed by atoms with Crippen LogP contribution in [0.25, 0.3) is 0 Å². The highest BCUT2D eigenvalue weighted by molar-refractivity contribution is 5.96. The van der Waals surface area contributed by atoms with Crippen molar-refractivity contribution < 1.29 is 19.1 Å². The van der Waals surface area contributed by atoms with Gasteiger partial charge in [-0.2, -0.15) is 0 Å². The van der Waals surface area contributed by atoms with Crippen LogP contribution in [0.1, 0.15) is 27.2 Å². The Hall–Kier alpha value is -2.61. The second-order valence-electron chi connectivity index (χ2n) is 7.05. The number of amides is 2. The molecule has 1 aromatic rings. The third-order valence-corrected chi connectivity index (χ3v) is 3.83. The minimum absolute atomic E-state index is 0.129. The van der Waals surface area contributed by atoms with Gasteiger partial charge in [0, 0.05) is 6.20 Å². The van der Waals surface area contributed by atoms with Crippen molar-refractivity contribution >= 4 is 23.5 Å². The lowest BCUT2D eigenvalue weighted by Gasteiger charge is -2.36. The molecule has 0 aromatic carbocycles. The van der Waals surface area contributed by atoms with Crippen molar-refractivity contribution in [1.82, 2.24) is 9.88 Å². The first-order valence-electron chi connectivity index (χ1n) is 8.09. The SMILES string of the molecule is CC(C)(C)OC(=O)N1C2=CN(c3ccc(N)nc3)C(=O)CC1COC2. The lowest BCUT2D eigenvalue weighted by atomic mass is 10.1. The van der Waals surface area contributed by atoms with Crippen LogP contribution in [0.3, 0.4) is 0 Å². The number of aromatic nitrogens is 1. The van der Waals surface area contributed by atoms with E-state index in [4.69, 9.17) is 15.2 Å². The summed E-state index contributed by atoms with van der Waals surface area (Å²) in [4.78, 5) is 32.3. The fourth-order valence-electron chi connectivity index (χ4n) is 2.78. The summed E-state index contributed by atoms with van der Waals surface area (Å²) in [6.45, 7) is 5.93. The predicted octanol–water partition coefficient (Wildman–Crippen LogP) is 1.88. The Morgan fingerprint density at radius 1 is 1.40 bits per heavy atom. The number of hydrogen-bond donors (Lipinski definition) is 1. The van der Waals surface area contributed by atoms with Crippen LogP contribution in [0.5, 0.6) is 0 Å². The van der Waals surface area contributed by atoms with Crippen molar-refractivity contribution in [3.63, 3.8) is 0 Å². The molecule has 1 aromatic heterocycles. The van der Waals surface area contributed by atoms with Crippen LogP contribution in [0.15, 0.2) is 30.2 Å². The number of fused-ring (bicyclic) bond motifs is 2. The number of morpholine rings is 1. The fraction of sp³-hybridized carbons (Fsp3) is 0.471. The molecule has 8 heteroatoms. The van der Waals surface area contributed by atoms with Gasteiger partial charge in [-0.3, -0.25) is 14.6 Å². The summed E-state index contributed by atoms with van der Waals surface area (Å²) in [5.41, 5.74) is 6.15. The molecule has 1 atom stereocenters. The first kappa shape index (κ1) is 17.2. The van der Waals surface area contributed by atoms with Crippen LogP contribution in [0.2, 0.25) is 0 Å². The molecule has 2 aliphatic rings. The Kier molecular flexibility index (Phi) is 4.38. The van der Waals surface area contributed by atoms with Crippen molar-refractivity contribution in [2.45, 2.75) is 38.8 Å². The van der Waals surface area contributed by atoms with Gasteiger partial charge in [-0.25, -0.2) is 9.78 Å². The lowest BCUT2D eigenvalue weighted by molar-refractivity contribution is -0.119. The van der Waals surface area contributed by atoms with Gasteiger partial charge in [0.15, 0.2) is 0 Å². The largest absolute Gasteiger partial charge is 0.443 e. The van der Waals surface area contributed by atoms with Crippen LogP contribution < -0.4 is 10.6 Å². The van der Waals surface area contributed by atoms with E-state index >= 15 is 0 Å². The predicted molar refractivity (Wildman–Crippen MR) is 91.5 cm³/mol. The monoisotopic (exact) mass is 346 g/mol. The summed E-state index contributed by atoms with van der Waals surface area (Å²) in [5.74, 6) is 0.224. The zero-order chi connectivity index (χ0) is 18.2. The number of ether oxygens (including phenoxy) is 2. The molecule has 0 aliphatic carbocycles. The molecule has 2 aliphatic heterocycles. The Morgan fingerprint density at radius 2 is 2.16 bits per heavy atom. The van der Waals surface area contributed by atoms with Crippen molar-refractivity contribution in [2.75, 3.05) is 23.8 Å². The molecule has 1 fully saturated rings. The number of pyridine rings is 1. The molecule has 8 nitrogen and oxygen atoms in total. The van der Waals surface area contributed by atoms with E-state index in [1.165, 1.54) is 16.0 Å². The minimum atomic E-state index is -0.621. The molecule has 134 valence electrons. The average Bonchev–Trinajstić information content (AvgIpc) is 2.59. The summed E-state index contributed by atoms with van der Waals surface area (Å²) in [7, 11) is 0. The molecule has 2 bridgehead atoms. The normalized spacial score (nSPS) is 20.8. The van der Waals surface area contributed by atoms with E-state index in [9.17, 15) is 9.59 Å². The van der Waals surface area contributed by atoms with E-state index in [1.807, 2.05) is 0 Å². The number of carbonyl (C=O) groups excluding carboxylic acids is 2.